The highest BCUT2D eigenvalue weighted by Gasteiger charge is 2.15. The molecule has 0 radical (unpaired) electrons. The van der Waals surface area contributed by atoms with Gasteiger partial charge in [-0.25, -0.2) is 0 Å². The Balaban J connectivity index is 1.90. The van der Waals surface area contributed by atoms with Crippen LogP contribution < -0.4 is 5.32 Å². The van der Waals surface area contributed by atoms with Gasteiger partial charge < -0.3 is 5.32 Å². The second-order valence-electron chi connectivity index (χ2n) is 5.18. The van der Waals surface area contributed by atoms with Crippen LogP contribution in [0.4, 0.5) is 0 Å². The molecule has 17 heavy (non-hydrogen) atoms. The molecule has 1 fully saturated rings. The van der Waals surface area contributed by atoms with Crippen LogP contribution >= 0.6 is 0 Å². The number of likely N-dealkylation sites (tertiary alicyclic amines) is 1. The minimum absolute atomic E-state index is 0.720. The Hall–Kier alpha value is -0.860. The van der Waals surface area contributed by atoms with E-state index in [0.717, 1.165) is 12.6 Å². The number of benzene rings is 1. The van der Waals surface area contributed by atoms with Crippen LogP contribution in [0.5, 0.6) is 0 Å². The van der Waals surface area contributed by atoms with Crippen LogP contribution in [-0.4, -0.2) is 31.1 Å². The second-order valence-corrected chi connectivity index (χ2v) is 5.18. The molecule has 1 atom stereocenters. The molecule has 0 spiro atoms. The maximum Gasteiger partial charge on any atom is 0.0233 e. The molecule has 0 amide bonds. The molecule has 2 nitrogen and oxygen atoms in total. The topological polar surface area (TPSA) is 15.3 Å². The van der Waals surface area contributed by atoms with Gasteiger partial charge in [-0.15, -0.1) is 0 Å². The second kappa shape index (κ2) is 6.18. The SMILES string of the molecule is CNC1CCCN(Cc2cccc(C)c2)CC1. The van der Waals surface area contributed by atoms with E-state index in [-0.39, 0.29) is 0 Å². The molecule has 2 heteroatoms. The van der Waals surface area contributed by atoms with Crippen molar-refractivity contribution in [1.29, 1.82) is 0 Å². The summed E-state index contributed by atoms with van der Waals surface area (Å²) in [6.45, 7) is 5.74. The number of aryl methyl sites for hydroxylation is 1. The van der Waals surface area contributed by atoms with Gasteiger partial charge in [0.05, 0.1) is 0 Å². The van der Waals surface area contributed by atoms with Gasteiger partial charge in [-0.2, -0.15) is 0 Å². The highest BCUT2D eigenvalue weighted by atomic mass is 15.1. The van der Waals surface area contributed by atoms with Crippen molar-refractivity contribution in [3.05, 3.63) is 35.4 Å². The molecule has 1 aliphatic heterocycles. The van der Waals surface area contributed by atoms with Gasteiger partial charge in [-0.3, -0.25) is 4.90 Å². The van der Waals surface area contributed by atoms with Crippen molar-refractivity contribution in [3.8, 4) is 0 Å². The van der Waals surface area contributed by atoms with E-state index in [9.17, 15) is 0 Å². The summed E-state index contributed by atoms with van der Waals surface area (Å²) < 4.78 is 0. The fraction of sp³-hybridized carbons (Fsp3) is 0.600. The number of hydrogen-bond acceptors (Lipinski definition) is 2. The van der Waals surface area contributed by atoms with E-state index in [2.05, 4.69) is 48.5 Å². The lowest BCUT2D eigenvalue weighted by Gasteiger charge is -2.20. The Kier molecular flexibility index (Phi) is 4.57. The summed E-state index contributed by atoms with van der Waals surface area (Å²) in [5.74, 6) is 0. The highest BCUT2D eigenvalue weighted by Crippen LogP contribution is 2.14. The monoisotopic (exact) mass is 232 g/mol. The van der Waals surface area contributed by atoms with Crippen molar-refractivity contribution in [2.24, 2.45) is 0 Å². The molecular weight excluding hydrogens is 208 g/mol. The molecule has 0 aliphatic carbocycles. The van der Waals surface area contributed by atoms with Crippen molar-refractivity contribution in [3.63, 3.8) is 0 Å². The smallest absolute Gasteiger partial charge is 0.0233 e. The average Bonchev–Trinajstić information content (AvgIpc) is 2.54. The van der Waals surface area contributed by atoms with Gasteiger partial charge in [0, 0.05) is 12.6 Å². The molecule has 0 saturated carbocycles. The van der Waals surface area contributed by atoms with E-state index in [1.807, 2.05) is 0 Å². The molecule has 1 N–H and O–H groups in total. The van der Waals surface area contributed by atoms with Gasteiger partial charge in [0.2, 0.25) is 0 Å². The van der Waals surface area contributed by atoms with Gasteiger partial charge in [-0.05, 0) is 51.9 Å². The summed E-state index contributed by atoms with van der Waals surface area (Å²) in [6.07, 6.45) is 3.92. The van der Waals surface area contributed by atoms with Gasteiger partial charge >= 0.3 is 0 Å². The maximum absolute atomic E-state index is 3.41. The lowest BCUT2D eigenvalue weighted by Crippen LogP contribution is -2.28. The molecule has 1 aliphatic rings. The summed E-state index contributed by atoms with van der Waals surface area (Å²) >= 11 is 0. The van der Waals surface area contributed by atoms with Crippen LogP contribution in [0.15, 0.2) is 24.3 Å². The van der Waals surface area contributed by atoms with Crippen molar-refractivity contribution >= 4 is 0 Å². The quantitative estimate of drug-likeness (QED) is 0.861. The first-order chi connectivity index (χ1) is 8.28. The van der Waals surface area contributed by atoms with Gasteiger partial charge in [0.25, 0.3) is 0 Å². The van der Waals surface area contributed by atoms with Crippen LogP contribution in [0.1, 0.15) is 30.4 Å². The predicted octanol–water partition coefficient (Wildman–Crippen LogP) is 2.57. The standard InChI is InChI=1S/C15H24N2/c1-13-5-3-6-14(11-13)12-17-9-4-7-15(16-2)8-10-17/h3,5-6,11,15-16H,4,7-10,12H2,1-2H3. The van der Waals surface area contributed by atoms with E-state index in [1.165, 1.54) is 43.5 Å². The van der Waals surface area contributed by atoms with E-state index in [0.29, 0.717) is 0 Å². The zero-order valence-electron chi connectivity index (χ0n) is 11.1. The summed E-state index contributed by atoms with van der Waals surface area (Å²) in [5.41, 5.74) is 2.82. The zero-order chi connectivity index (χ0) is 12.1. The fourth-order valence-corrected chi connectivity index (χ4v) is 2.67. The third kappa shape index (κ3) is 3.83. The Morgan fingerprint density at radius 2 is 2.18 bits per heavy atom. The van der Waals surface area contributed by atoms with E-state index < -0.39 is 0 Å². The fourth-order valence-electron chi connectivity index (χ4n) is 2.67. The van der Waals surface area contributed by atoms with Gasteiger partial charge in [0.15, 0.2) is 0 Å². The number of rotatable bonds is 3. The first-order valence-corrected chi connectivity index (χ1v) is 6.73. The lowest BCUT2D eigenvalue weighted by molar-refractivity contribution is 0.274. The third-order valence-electron chi connectivity index (χ3n) is 3.72. The molecular formula is C15H24N2. The normalized spacial score (nSPS) is 22.4. The minimum Gasteiger partial charge on any atom is -0.317 e. The van der Waals surface area contributed by atoms with Crippen molar-refractivity contribution in [2.75, 3.05) is 20.1 Å². The molecule has 1 unspecified atom stereocenters. The van der Waals surface area contributed by atoms with Crippen LogP contribution in [-0.2, 0) is 6.54 Å². The van der Waals surface area contributed by atoms with Crippen LogP contribution in [0.25, 0.3) is 0 Å². The van der Waals surface area contributed by atoms with E-state index >= 15 is 0 Å². The Bertz CT molecular complexity index is 349. The van der Waals surface area contributed by atoms with Crippen molar-refractivity contribution in [2.45, 2.75) is 38.8 Å². The summed E-state index contributed by atoms with van der Waals surface area (Å²) in [4.78, 5) is 2.59. The predicted molar refractivity (Wildman–Crippen MR) is 73.2 cm³/mol. The minimum atomic E-state index is 0.720. The van der Waals surface area contributed by atoms with Crippen LogP contribution in [0, 0.1) is 6.92 Å². The van der Waals surface area contributed by atoms with E-state index in [4.69, 9.17) is 0 Å². The van der Waals surface area contributed by atoms with Crippen LogP contribution in [0.3, 0.4) is 0 Å². The van der Waals surface area contributed by atoms with Gasteiger partial charge in [0.1, 0.15) is 0 Å². The molecule has 0 bridgehead atoms. The average molecular weight is 232 g/mol. The summed E-state index contributed by atoms with van der Waals surface area (Å²) in [5, 5.41) is 3.41. The number of nitrogens with one attached hydrogen (secondary N) is 1. The summed E-state index contributed by atoms with van der Waals surface area (Å²) in [7, 11) is 2.08. The van der Waals surface area contributed by atoms with Crippen molar-refractivity contribution in [1.82, 2.24) is 10.2 Å². The molecule has 2 rings (SSSR count). The van der Waals surface area contributed by atoms with Crippen LogP contribution in [0.2, 0.25) is 0 Å². The first kappa shape index (κ1) is 12.6. The number of nitrogens with zero attached hydrogens (tertiary/aromatic N) is 1. The molecule has 1 heterocycles. The summed E-state index contributed by atoms with van der Waals surface area (Å²) in [6, 6.07) is 9.60. The maximum atomic E-state index is 3.41. The zero-order valence-corrected chi connectivity index (χ0v) is 11.1. The van der Waals surface area contributed by atoms with E-state index in [1.54, 1.807) is 0 Å². The number of hydrogen-bond donors (Lipinski definition) is 1. The Labute approximate surface area is 105 Å². The molecule has 1 aromatic rings. The van der Waals surface area contributed by atoms with Gasteiger partial charge in [-0.1, -0.05) is 29.8 Å². The Morgan fingerprint density at radius 1 is 1.29 bits per heavy atom. The largest absolute Gasteiger partial charge is 0.317 e. The molecule has 0 aromatic heterocycles. The molecule has 94 valence electrons. The molecule has 1 saturated heterocycles. The Morgan fingerprint density at radius 3 is 2.94 bits per heavy atom. The lowest BCUT2D eigenvalue weighted by atomic mass is 10.1. The van der Waals surface area contributed by atoms with Crippen molar-refractivity contribution < 1.29 is 0 Å². The highest BCUT2D eigenvalue weighted by molar-refractivity contribution is 5.22. The molecule has 1 aromatic carbocycles. The third-order valence-corrected chi connectivity index (χ3v) is 3.72. The first-order valence-electron chi connectivity index (χ1n) is 6.73.